The SMILES string of the molecule is CCCCCCCCCCCCC(=O)O[C@H](COC(=O)CCCCCCCCC(C)C)COP(=O)(O)OC[C@H](O)COP(=O)(O)OC[C@@H](COC(=O)CCCCCCCCCC(C)C)OC(=O)CCCCCCCCCC(C)C. The van der Waals surface area contributed by atoms with E-state index < -0.39 is 97.5 Å². The Morgan fingerprint density at radius 3 is 0.861 bits per heavy atom. The van der Waals surface area contributed by atoms with Crippen molar-refractivity contribution in [1.29, 1.82) is 0 Å². The van der Waals surface area contributed by atoms with Crippen LogP contribution in [-0.4, -0.2) is 96.7 Å². The van der Waals surface area contributed by atoms with Crippen molar-refractivity contribution in [2.45, 2.75) is 304 Å². The molecular formula is C60H116O17P2. The molecule has 0 saturated carbocycles. The number of esters is 4. The molecule has 0 heterocycles. The molecule has 0 amide bonds. The summed E-state index contributed by atoms with van der Waals surface area (Å²) in [5, 5.41) is 10.5. The van der Waals surface area contributed by atoms with E-state index in [4.69, 9.17) is 37.0 Å². The van der Waals surface area contributed by atoms with E-state index in [2.05, 4.69) is 48.5 Å². The van der Waals surface area contributed by atoms with Crippen LogP contribution in [0.15, 0.2) is 0 Å². The summed E-state index contributed by atoms with van der Waals surface area (Å²) in [4.78, 5) is 71.9. The number of phosphoric ester groups is 2. The maximum Gasteiger partial charge on any atom is 0.472 e. The first kappa shape index (κ1) is 77.1. The van der Waals surface area contributed by atoms with E-state index in [-0.39, 0.29) is 25.7 Å². The molecule has 0 saturated heterocycles. The molecule has 17 nitrogen and oxygen atoms in total. The Kier molecular flexibility index (Phi) is 50.4. The number of rotatable bonds is 58. The summed E-state index contributed by atoms with van der Waals surface area (Å²) in [6, 6.07) is 0. The molecule has 0 aromatic heterocycles. The predicted octanol–water partition coefficient (Wildman–Crippen LogP) is 15.9. The van der Waals surface area contributed by atoms with Crippen LogP contribution in [0.2, 0.25) is 0 Å². The summed E-state index contributed by atoms with van der Waals surface area (Å²) >= 11 is 0. The Balaban J connectivity index is 5.24. The van der Waals surface area contributed by atoms with Gasteiger partial charge in [0.25, 0.3) is 0 Å². The molecule has 2 unspecified atom stereocenters. The lowest BCUT2D eigenvalue weighted by molar-refractivity contribution is -0.161. The predicted molar refractivity (Wildman–Crippen MR) is 312 cm³/mol. The molecule has 0 aliphatic heterocycles. The molecule has 0 bridgehead atoms. The van der Waals surface area contributed by atoms with Crippen molar-refractivity contribution in [2.75, 3.05) is 39.6 Å². The van der Waals surface area contributed by atoms with Gasteiger partial charge in [0.2, 0.25) is 0 Å². The number of phosphoric acid groups is 2. The van der Waals surface area contributed by atoms with Gasteiger partial charge in [-0.3, -0.25) is 37.3 Å². The third kappa shape index (κ3) is 55.0. The van der Waals surface area contributed by atoms with Crippen LogP contribution in [0.5, 0.6) is 0 Å². The Bertz CT molecular complexity index is 1580. The van der Waals surface area contributed by atoms with Crippen LogP contribution < -0.4 is 0 Å². The van der Waals surface area contributed by atoms with E-state index in [1.54, 1.807) is 0 Å². The summed E-state index contributed by atoms with van der Waals surface area (Å²) in [5.74, 6) is -0.0654. The Morgan fingerprint density at radius 1 is 0.342 bits per heavy atom. The number of aliphatic hydroxyl groups excluding tert-OH is 1. The van der Waals surface area contributed by atoms with Gasteiger partial charge in [0.15, 0.2) is 12.2 Å². The summed E-state index contributed by atoms with van der Waals surface area (Å²) in [5.41, 5.74) is 0. The minimum Gasteiger partial charge on any atom is -0.462 e. The maximum absolute atomic E-state index is 12.9. The van der Waals surface area contributed by atoms with E-state index in [0.29, 0.717) is 43.4 Å². The van der Waals surface area contributed by atoms with Gasteiger partial charge in [0.05, 0.1) is 26.4 Å². The first-order valence-corrected chi connectivity index (χ1v) is 34.3. The standard InChI is InChI=1S/C60H116O17P2/c1-8-9-10-11-12-13-14-19-29-36-43-59(64)76-56(48-71-58(63)42-35-28-23-22-26-33-40-53(6)7)50-75-79(68,69)73-46-54(61)45-72-78(66,67)74-49-55(77-60(65)44-37-30-21-16-18-25-32-39-52(4)5)47-70-57(62)41-34-27-20-15-17-24-31-38-51(2)3/h51-56,61H,8-50H2,1-7H3,(H,66,67)(H,68,69)/t54-,55-,56-/m1/s1. The molecule has 79 heavy (non-hydrogen) atoms. The molecule has 0 aromatic carbocycles. The van der Waals surface area contributed by atoms with Crippen LogP contribution in [-0.2, 0) is 65.4 Å². The lowest BCUT2D eigenvalue weighted by Crippen LogP contribution is -2.30. The fourth-order valence-corrected chi connectivity index (χ4v) is 10.4. The van der Waals surface area contributed by atoms with Crippen molar-refractivity contribution in [3.05, 3.63) is 0 Å². The van der Waals surface area contributed by atoms with Crippen molar-refractivity contribution in [3.63, 3.8) is 0 Å². The highest BCUT2D eigenvalue weighted by Gasteiger charge is 2.30. The van der Waals surface area contributed by atoms with Gasteiger partial charge in [0, 0.05) is 25.7 Å². The Hall–Kier alpha value is -1.94. The van der Waals surface area contributed by atoms with Crippen molar-refractivity contribution < 1.29 is 80.2 Å². The highest BCUT2D eigenvalue weighted by atomic mass is 31.2. The number of carbonyl (C=O) groups excluding carboxylic acids is 4. The van der Waals surface area contributed by atoms with Crippen LogP contribution >= 0.6 is 15.6 Å². The first-order valence-electron chi connectivity index (χ1n) is 31.3. The molecule has 468 valence electrons. The van der Waals surface area contributed by atoms with Crippen LogP contribution in [0, 0.1) is 17.8 Å². The number of hydrogen-bond donors (Lipinski definition) is 3. The number of hydrogen-bond acceptors (Lipinski definition) is 15. The number of ether oxygens (including phenoxy) is 4. The monoisotopic (exact) mass is 1170 g/mol. The minimum absolute atomic E-state index is 0.102. The summed E-state index contributed by atoms with van der Waals surface area (Å²) in [6.07, 6.45) is 31.0. The zero-order chi connectivity index (χ0) is 58.8. The molecule has 0 radical (unpaired) electrons. The van der Waals surface area contributed by atoms with Gasteiger partial charge in [-0.05, 0) is 43.4 Å². The first-order chi connectivity index (χ1) is 37.7. The van der Waals surface area contributed by atoms with E-state index in [1.165, 1.54) is 83.5 Å². The fraction of sp³-hybridized carbons (Fsp3) is 0.933. The van der Waals surface area contributed by atoms with Gasteiger partial charge >= 0.3 is 39.5 Å². The maximum atomic E-state index is 12.9. The van der Waals surface area contributed by atoms with E-state index >= 15 is 0 Å². The van der Waals surface area contributed by atoms with Crippen molar-refractivity contribution >= 4 is 39.5 Å². The average molecular weight is 1170 g/mol. The lowest BCUT2D eigenvalue weighted by atomic mass is 10.0. The highest BCUT2D eigenvalue weighted by Crippen LogP contribution is 2.45. The van der Waals surface area contributed by atoms with Gasteiger partial charge in [0.1, 0.15) is 19.3 Å². The molecule has 0 spiro atoms. The minimum atomic E-state index is -4.94. The molecule has 3 N–H and O–H groups in total. The highest BCUT2D eigenvalue weighted by molar-refractivity contribution is 7.47. The summed E-state index contributed by atoms with van der Waals surface area (Å²) in [7, 11) is -9.88. The molecule has 19 heteroatoms. The number of aliphatic hydroxyl groups is 1. The Morgan fingerprint density at radius 2 is 0.582 bits per heavy atom. The van der Waals surface area contributed by atoms with Crippen molar-refractivity contribution in [2.24, 2.45) is 17.8 Å². The Labute approximate surface area is 479 Å². The van der Waals surface area contributed by atoms with E-state index in [9.17, 15) is 43.2 Å². The molecular weight excluding hydrogens is 1050 g/mol. The van der Waals surface area contributed by atoms with E-state index in [0.717, 1.165) is 103 Å². The second-order valence-electron chi connectivity index (χ2n) is 23.2. The average Bonchev–Trinajstić information content (AvgIpc) is 3.39. The van der Waals surface area contributed by atoms with E-state index in [1.807, 2.05) is 0 Å². The quantitative estimate of drug-likeness (QED) is 0.0222. The van der Waals surface area contributed by atoms with Gasteiger partial charge in [-0.25, -0.2) is 9.13 Å². The topological polar surface area (TPSA) is 237 Å². The second kappa shape index (κ2) is 51.7. The van der Waals surface area contributed by atoms with Crippen molar-refractivity contribution in [1.82, 2.24) is 0 Å². The van der Waals surface area contributed by atoms with Crippen LogP contribution in [0.3, 0.4) is 0 Å². The zero-order valence-electron chi connectivity index (χ0n) is 50.8. The van der Waals surface area contributed by atoms with Gasteiger partial charge in [-0.2, -0.15) is 0 Å². The molecule has 0 aliphatic carbocycles. The van der Waals surface area contributed by atoms with Crippen molar-refractivity contribution in [3.8, 4) is 0 Å². The van der Waals surface area contributed by atoms with Crippen LogP contribution in [0.1, 0.15) is 286 Å². The normalized spacial score (nSPS) is 14.5. The third-order valence-electron chi connectivity index (χ3n) is 13.6. The summed E-state index contributed by atoms with van der Waals surface area (Å²) < 4.78 is 67.7. The fourth-order valence-electron chi connectivity index (χ4n) is 8.77. The smallest absolute Gasteiger partial charge is 0.462 e. The second-order valence-corrected chi connectivity index (χ2v) is 26.1. The van der Waals surface area contributed by atoms with Crippen LogP contribution in [0.4, 0.5) is 0 Å². The molecule has 5 atom stereocenters. The molecule has 0 aromatic rings. The van der Waals surface area contributed by atoms with Gasteiger partial charge < -0.3 is 33.8 Å². The lowest BCUT2D eigenvalue weighted by Gasteiger charge is -2.21. The molecule has 0 aliphatic rings. The van der Waals surface area contributed by atoms with Gasteiger partial charge in [-0.1, -0.05) is 235 Å². The molecule has 0 rings (SSSR count). The number of carbonyl (C=O) groups is 4. The largest absolute Gasteiger partial charge is 0.472 e. The molecule has 0 fully saturated rings. The van der Waals surface area contributed by atoms with Crippen LogP contribution in [0.25, 0.3) is 0 Å². The zero-order valence-corrected chi connectivity index (χ0v) is 52.6. The third-order valence-corrected chi connectivity index (χ3v) is 15.5. The van der Waals surface area contributed by atoms with Gasteiger partial charge in [-0.15, -0.1) is 0 Å². The number of unbranched alkanes of at least 4 members (excludes halogenated alkanes) is 26. The summed E-state index contributed by atoms with van der Waals surface area (Å²) in [6.45, 7) is 11.5.